The Balaban J connectivity index is 2.72. The van der Waals surface area contributed by atoms with Crippen LogP contribution < -0.4 is 11.1 Å². The fourth-order valence-electron chi connectivity index (χ4n) is 1.11. The van der Waals surface area contributed by atoms with Crippen LogP contribution in [0.2, 0.25) is 0 Å². The highest BCUT2D eigenvalue weighted by Crippen LogP contribution is 2.22. The maximum atomic E-state index is 12.7. The van der Waals surface area contributed by atoms with Crippen LogP contribution in [0.15, 0.2) is 18.2 Å². The summed E-state index contributed by atoms with van der Waals surface area (Å²) in [5.41, 5.74) is 4.75. The third-order valence-corrected chi connectivity index (χ3v) is 2.06. The molecule has 1 aromatic rings. The number of alkyl halides is 4. The second-order valence-electron chi connectivity index (χ2n) is 3.48. The van der Waals surface area contributed by atoms with E-state index in [1.807, 2.05) is 0 Å². The molecule has 0 aromatic heterocycles. The van der Waals surface area contributed by atoms with Crippen LogP contribution in [0.5, 0.6) is 0 Å². The highest BCUT2D eigenvalue weighted by Gasteiger charge is 2.40. The van der Waals surface area contributed by atoms with Crippen molar-refractivity contribution >= 4 is 11.6 Å². The Labute approximate surface area is 98.8 Å². The third kappa shape index (κ3) is 3.31. The Hall–Kier alpha value is -1.86. The lowest BCUT2D eigenvalue weighted by molar-refractivity contribution is -0.123. The van der Waals surface area contributed by atoms with Crippen LogP contribution >= 0.6 is 0 Å². The van der Waals surface area contributed by atoms with E-state index in [4.69, 9.17) is 5.73 Å². The van der Waals surface area contributed by atoms with Gasteiger partial charge >= 0.3 is 12.3 Å². The maximum Gasteiger partial charge on any atom is 0.324 e. The van der Waals surface area contributed by atoms with Crippen LogP contribution in [0.4, 0.5) is 27.6 Å². The molecule has 1 amide bonds. The van der Waals surface area contributed by atoms with Gasteiger partial charge in [-0.15, -0.1) is 0 Å². The summed E-state index contributed by atoms with van der Waals surface area (Å²) in [5.74, 6) is -6.11. The number of hydrogen-bond donors (Lipinski definition) is 2. The molecule has 0 saturated carbocycles. The molecule has 0 saturated heterocycles. The number of hydrogen-bond acceptors (Lipinski definition) is 2. The SMILES string of the molecule is Nc1cc(F)ccc1C(=O)NCC(F)(F)C(F)F. The molecule has 100 valence electrons. The predicted molar refractivity (Wildman–Crippen MR) is 54.1 cm³/mol. The van der Waals surface area contributed by atoms with E-state index >= 15 is 0 Å². The van der Waals surface area contributed by atoms with Gasteiger partial charge in [-0.1, -0.05) is 0 Å². The molecule has 0 heterocycles. The Kier molecular flexibility index (Phi) is 4.10. The van der Waals surface area contributed by atoms with Crippen LogP contribution in [0.1, 0.15) is 10.4 Å². The fourth-order valence-corrected chi connectivity index (χ4v) is 1.11. The first kappa shape index (κ1) is 14.2. The molecule has 0 bridgehead atoms. The molecule has 1 aromatic carbocycles. The lowest BCUT2D eigenvalue weighted by Crippen LogP contribution is -2.41. The number of carbonyl (C=O) groups is 1. The van der Waals surface area contributed by atoms with E-state index in [-0.39, 0.29) is 11.3 Å². The van der Waals surface area contributed by atoms with Gasteiger partial charge in [0.15, 0.2) is 0 Å². The lowest BCUT2D eigenvalue weighted by atomic mass is 10.1. The molecule has 0 spiro atoms. The summed E-state index contributed by atoms with van der Waals surface area (Å²) in [5, 5.41) is 1.61. The first-order valence-electron chi connectivity index (χ1n) is 4.73. The highest BCUT2D eigenvalue weighted by molar-refractivity contribution is 5.99. The van der Waals surface area contributed by atoms with Crippen molar-refractivity contribution in [3.63, 3.8) is 0 Å². The van der Waals surface area contributed by atoms with Gasteiger partial charge in [-0.25, -0.2) is 13.2 Å². The number of carbonyl (C=O) groups excluding carboxylic acids is 1. The molecule has 8 heteroatoms. The van der Waals surface area contributed by atoms with Crippen molar-refractivity contribution in [3.05, 3.63) is 29.6 Å². The Morgan fingerprint density at radius 2 is 2.00 bits per heavy atom. The molecule has 3 nitrogen and oxygen atoms in total. The number of anilines is 1. The van der Waals surface area contributed by atoms with E-state index in [0.29, 0.717) is 0 Å². The summed E-state index contributed by atoms with van der Waals surface area (Å²) in [6, 6.07) is 2.69. The van der Waals surface area contributed by atoms with Gasteiger partial charge in [0.1, 0.15) is 5.82 Å². The van der Waals surface area contributed by atoms with Gasteiger partial charge in [-0.3, -0.25) is 4.79 Å². The zero-order valence-electron chi connectivity index (χ0n) is 8.89. The zero-order chi connectivity index (χ0) is 13.9. The van der Waals surface area contributed by atoms with Gasteiger partial charge in [-0.2, -0.15) is 8.78 Å². The highest BCUT2D eigenvalue weighted by atomic mass is 19.3. The van der Waals surface area contributed by atoms with Crippen molar-refractivity contribution in [2.75, 3.05) is 12.3 Å². The summed E-state index contributed by atoms with van der Waals surface area (Å²) in [6.45, 7) is -1.53. The standard InChI is InChI=1S/C10H9F5N2O/c11-5-1-2-6(7(16)3-5)8(18)17-4-10(14,15)9(12)13/h1-3,9H,4,16H2,(H,17,18). The monoisotopic (exact) mass is 268 g/mol. The normalized spacial score (nSPS) is 11.7. The molecule has 1 rings (SSSR count). The minimum Gasteiger partial charge on any atom is -0.398 e. The fraction of sp³-hybridized carbons (Fsp3) is 0.300. The van der Waals surface area contributed by atoms with E-state index < -0.39 is 30.6 Å². The van der Waals surface area contributed by atoms with Gasteiger partial charge in [0.05, 0.1) is 12.1 Å². The molecule has 0 atom stereocenters. The average molecular weight is 268 g/mol. The van der Waals surface area contributed by atoms with Gasteiger partial charge in [0, 0.05) is 5.69 Å². The molecule has 0 aliphatic rings. The number of amides is 1. The van der Waals surface area contributed by atoms with Crippen molar-refractivity contribution in [1.29, 1.82) is 0 Å². The minimum atomic E-state index is -4.33. The number of halogens is 5. The van der Waals surface area contributed by atoms with Crippen molar-refractivity contribution in [1.82, 2.24) is 5.32 Å². The average Bonchev–Trinajstić information content (AvgIpc) is 2.25. The van der Waals surface area contributed by atoms with Crippen LogP contribution in [0.25, 0.3) is 0 Å². The van der Waals surface area contributed by atoms with Gasteiger partial charge in [0.2, 0.25) is 0 Å². The lowest BCUT2D eigenvalue weighted by Gasteiger charge is -2.16. The molecule has 0 fully saturated rings. The summed E-state index contributed by atoms with van der Waals surface area (Å²) in [4.78, 5) is 11.4. The number of nitrogens with two attached hydrogens (primary N) is 1. The van der Waals surface area contributed by atoms with Crippen LogP contribution in [0.3, 0.4) is 0 Å². The van der Waals surface area contributed by atoms with Gasteiger partial charge in [-0.05, 0) is 18.2 Å². The quantitative estimate of drug-likeness (QED) is 0.648. The van der Waals surface area contributed by atoms with Crippen LogP contribution in [-0.4, -0.2) is 24.8 Å². The molecule has 0 unspecified atom stereocenters. The molecule has 18 heavy (non-hydrogen) atoms. The second-order valence-corrected chi connectivity index (χ2v) is 3.48. The second kappa shape index (κ2) is 5.19. The van der Waals surface area contributed by atoms with E-state index in [0.717, 1.165) is 18.2 Å². The van der Waals surface area contributed by atoms with E-state index in [1.54, 1.807) is 5.32 Å². The summed E-state index contributed by atoms with van der Waals surface area (Å²) >= 11 is 0. The zero-order valence-corrected chi connectivity index (χ0v) is 8.89. The Morgan fingerprint density at radius 1 is 1.39 bits per heavy atom. The molecule has 3 N–H and O–H groups in total. The number of nitrogen functional groups attached to an aromatic ring is 1. The van der Waals surface area contributed by atoms with E-state index in [9.17, 15) is 26.7 Å². The molecule has 0 aliphatic carbocycles. The van der Waals surface area contributed by atoms with Crippen LogP contribution in [0, 0.1) is 5.82 Å². The molecule has 0 aliphatic heterocycles. The number of benzene rings is 1. The van der Waals surface area contributed by atoms with Gasteiger partial charge in [0.25, 0.3) is 5.91 Å². The first-order valence-corrected chi connectivity index (χ1v) is 4.73. The van der Waals surface area contributed by atoms with Crippen LogP contribution in [-0.2, 0) is 0 Å². The predicted octanol–water partition coefficient (Wildman–Crippen LogP) is 2.04. The minimum absolute atomic E-state index is 0.263. The Morgan fingerprint density at radius 3 is 2.50 bits per heavy atom. The van der Waals surface area contributed by atoms with Crippen molar-refractivity contribution in [3.8, 4) is 0 Å². The van der Waals surface area contributed by atoms with Crippen molar-refractivity contribution in [2.24, 2.45) is 0 Å². The summed E-state index contributed by atoms with van der Waals surface area (Å²) in [7, 11) is 0. The van der Waals surface area contributed by atoms with Gasteiger partial charge < -0.3 is 11.1 Å². The smallest absolute Gasteiger partial charge is 0.324 e. The summed E-state index contributed by atoms with van der Waals surface area (Å²) in [6.07, 6.45) is -3.89. The Bertz CT molecular complexity index is 450. The maximum absolute atomic E-state index is 12.7. The number of nitrogens with one attached hydrogen (secondary N) is 1. The molecule has 0 radical (unpaired) electrons. The van der Waals surface area contributed by atoms with Crippen molar-refractivity contribution < 1.29 is 26.7 Å². The van der Waals surface area contributed by atoms with E-state index in [1.165, 1.54) is 0 Å². The first-order chi connectivity index (χ1) is 8.24. The number of rotatable bonds is 4. The topological polar surface area (TPSA) is 55.1 Å². The largest absolute Gasteiger partial charge is 0.398 e. The van der Waals surface area contributed by atoms with E-state index in [2.05, 4.69) is 0 Å². The third-order valence-electron chi connectivity index (χ3n) is 2.06. The molecular formula is C10H9F5N2O. The summed E-state index contributed by atoms with van der Waals surface area (Å²) < 4.78 is 61.4. The molecular weight excluding hydrogens is 259 g/mol. The van der Waals surface area contributed by atoms with Crippen molar-refractivity contribution in [2.45, 2.75) is 12.3 Å².